The highest BCUT2D eigenvalue weighted by Crippen LogP contribution is 2.17. The van der Waals surface area contributed by atoms with Crippen LogP contribution in [0.25, 0.3) is 0 Å². The maximum absolute atomic E-state index is 12.5. The summed E-state index contributed by atoms with van der Waals surface area (Å²) >= 11 is 1.60. The Morgan fingerprint density at radius 2 is 1.65 bits per heavy atom. The topological polar surface area (TPSA) is 70.2 Å². The Labute approximate surface area is 156 Å². The molecule has 0 aliphatic heterocycles. The Hall–Kier alpha value is -3.12. The maximum Gasteiger partial charge on any atom is 0.257 e. The molecule has 1 heterocycles. The fourth-order valence-electron chi connectivity index (χ4n) is 2.39. The number of thiophene rings is 1. The summed E-state index contributed by atoms with van der Waals surface area (Å²) in [6.07, 6.45) is 0. The largest absolute Gasteiger partial charge is 0.376 e. The minimum absolute atomic E-state index is 0.0982. The zero-order chi connectivity index (χ0) is 18.2. The van der Waals surface area contributed by atoms with Crippen molar-refractivity contribution in [3.63, 3.8) is 0 Å². The summed E-state index contributed by atoms with van der Waals surface area (Å²) in [5.41, 5.74) is 1.83. The van der Waals surface area contributed by atoms with Crippen LogP contribution < -0.4 is 16.0 Å². The Morgan fingerprint density at radius 3 is 2.42 bits per heavy atom. The monoisotopic (exact) mass is 365 g/mol. The summed E-state index contributed by atoms with van der Waals surface area (Å²) in [6.45, 7) is 0.606. The molecule has 0 saturated carbocycles. The number of para-hydroxylation sites is 2. The summed E-state index contributed by atoms with van der Waals surface area (Å²) in [5.74, 6) is -0.352. The first-order valence-corrected chi connectivity index (χ1v) is 9.09. The van der Waals surface area contributed by atoms with Crippen LogP contribution in [0.1, 0.15) is 15.2 Å². The molecule has 3 rings (SSSR count). The molecule has 26 heavy (non-hydrogen) atoms. The van der Waals surface area contributed by atoms with Crippen LogP contribution in [-0.4, -0.2) is 18.4 Å². The van der Waals surface area contributed by atoms with E-state index in [1.807, 2.05) is 53.9 Å². The van der Waals surface area contributed by atoms with Gasteiger partial charge < -0.3 is 16.0 Å². The molecular formula is C20H19N3O2S. The van der Waals surface area contributed by atoms with E-state index in [4.69, 9.17) is 0 Å². The van der Waals surface area contributed by atoms with Crippen LogP contribution in [0.4, 0.5) is 11.4 Å². The van der Waals surface area contributed by atoms with Crippen molar-refractivity contribution in [3.05, 3.63) is 82.6 Å². The second kappa shape index (κ2) is 8.82. The van der Waals surface area contributed by atoms with Crippen LogP contribution in [0.5, 0.6) is 0 Å². The van der Waals surface area contributed by atoms with Crippen molar-refractivity contribution in [1.82, 2.24) is 5.32 Å². The number of benzene rings is 2. The van der Waals surface area contributed by atoms with E-state index in [1.165, 1.54) is 0 Å². The van der Waals surface area contributed by atoms with Gasteiger partial charge >= 0.3 is 0 Å². The predicted octanol–water partition coefficient (Wildman–Crippen LogP) is 3.73. The lowest BCUT2D eigenvalue weighted by atomic mass is 10.1. The van der Waals surface area contributed by atoms with Crippen LogP contribution in [0.3, 0.4) is 0 Å². The lowest BCUT2D eigenvalue weighted by molar-refractivity contribution is -0.119. The summed E-state index contributed by atoms with van der Waals surface area (Å²) in [5, 5.41) is 10.7. The lowest BCUT2D eigenvalue weighted by Crippen LogP contribution is -2.29. The summed E-state index contributed by atoms with van der Waals surface area (Å²) in [6, 6.07) is 20.3. The third-order valence-electron chi connectivity index (χ3n) is 3.68. The van der Waals surface area contributed by atoms with Crippen LogP contribution in [-0.2, 0) is 11.3 Å². The lowest BCUT2D eigenvalue weighted by Gasteiger charge is -2.12. The second-order valence-electron chi connectivity index (χ2n) is 5.58. The molecule has 0 fully saturated rings. The minimum atomic E-state index is -0.224. The second-order valence-corrected chi connectivity index (χ2v) is 6.61. The van der Waals surface area contributed by atoms with Crippen LogP contribution >= 0.6 is 11.3 Å². The molecule has 5 nitrogen and oxygen atoms in total. The molecule has 0 aliphatic rings. The standard InChI is InChI=1S/C20H19N3O2S/c24-19(22-13-16-9-6-12-26-16)14-21-18-11-5-4-10-17(18)20(25)23-15-7-2-1-3-8-15/h1-12,21H,13-14H2,(H,22,24)(H,23,25). The van der Waals surface area contributed by atoms with Gasteiger partial charge in [-0.25, -0.2) is 0 Å². The fraction of sp³-hybridized carbons (Fsp3) is 0.100. The molecule has 0 unspecified atom stereocenters. The van der Waals surface area contributed by atoms with E-state index in [0.717, 1.165) is 10.6 Å². The molecular weight excluding hydrogens is 346 g/mol. The van der Waals surface area contributed by atoms with E-state index in [1.54, 1.807) is 29.5 Å². The first kappa shape index (κ1) is 17.7. The number of carbonyl (C=O) groups excluding carboxylic acids is 2. The zero-order valence-corrected chi connectivity index (χ0v) is 14.9. The number of anilines is 2. The van der Waals surface area contributed by atoms with Gasteiger partial charge in [-0.2, -0.15) is 0 Å². The maximum atomic E-state index is 12.5. The van der Waals surface area contributed by atoms with Crippen molar-refractivity contribution >= 4 is 34.5 Å². The van der Waals surface area contributed by atoms with Crippen LogP contribution in [0.15, 0.2) is 72.1 Å². The molecule has 6 heteroatoms. The van der Waals surface area contributed by atoms with E-state index < -0.39 is 0 Å². The minimum Gasteiger partial charge on any atom is -0.376 e. The molecule has 3 aromatic rings. The first-order chi connectivity index (χ1) is 12.7. The highest BCUT2D eigenvalue weighted by atomic mass is 32.1. The molecule has 0 bridgehead atoms. The van der Waals surface area contributed by atoms with E-state index >= 15 is 0 Å². The van der Waals surface area contributed by atoms with Crippen LogP contribution in [0.2, 0.25) is 0 Å². The third-order valence-corrected chi connectivity index (χ3v) is 4.56. The van der Waals surface area contributed by atoms with Gasteiger partial charge in [0.15, 0.2) is 0 Å². The fourth-order valence-corrected chi connectivity index (χ4v) is 3.04. The Morgan fingerprint density at radius 1 is 0.885 bits per heavy atom. The molecule has 0 atom stereocenters. The number of carbonyl (C=O) groups is 2. The molecule has 132 valence electrons. The highest BCUT2D eigenvalue weighted by molar-refractivity contribution is 7.09. The van der Waals surface area contributed by atoms with E-state index in [9.17, 15) is 9.59 Å². The van der Waals surface area contributed by atoms with Crippen molar-refractivity contribution in [3.8, 4) is 0 Å². The number of rotatable bonds is 7. The SMILES string of the molecule is O=C(CNc1ccccc1C(=O)Nc1ccccc1)NCc1cccs1. The molecule has 0 aliphatic carbocycles. The number of nitrogens with one attached hydrogen (secondary N) is 3. The van der Waals surface area contributed by atoms with Gasteiger partial charge in [0.1, 0.15) is 0 Å². The van der Waals surface area contributed by atoms with Crippen LogP contribution in [0, 0.1) is 0 Å². The van der Waals surface area contributed by atoms with Gasteiger partial charge in [-0.3, -0.25) is 9.59 Å². The van der Waals surface area contributed by atoms with Crippen molar-refractivity contribution in [2.75, 3.05) is 17.2 Å². The van der Waals surface area contributed by atoms with Crippen molar-refractivity contribution in [2.45, 2.75) is 6.54 Å². The summed E-state index contributed by atoms with van der Waals surface area (Å²) < 4.78 is 0. The van der Waals surface area contributed by atoms with Gasteiger partial charge in [-0.15, -0.1) is 11.3 Å². The molecule has 2 aromatic carbocycles. The average molecular weight is 365 g/mol. The predicted molar refractivity (Wildman–Crippen MR) is 105 cm³/mol. The molecule has 2 amide bonds. The normalized spacial score (nSPS) is 10.2. The molecule has 0 spiro atoms. The number of hydrogen-bond acceptors (Lipinski definition) is 4. The van der Waals surface area contributed by atoms with Gasteiger partial charge in [0, 0.05) is 16.3 Å². The quantitative estimate of drug-likeness (QED) is 0.597. The average Bonchev–Trinajstić information content (AvgIpc) is 3.19. The zero-order valence-electron chi connectivity index (χ0n) is 14.1. The molecule has 0 radical (unpaired) electrons. The smallest absolute Gasteiger partial charge is 0.257 e. The molecule has 3 N–H and O–H groups in total. The van der Waals surface area contributed by atoms with E-state index in [-0.39, 0.29) is 18.4 Å². The number of amides is 2. The highest BCUT2D eigenvalue weighted by Gasteiger charge is 2.12. The summed E-state index contributed by atoms with van der Waals surface area (Å²) in [7, 11) is 0. The summed E-state index contributed by atoms with van der Waals surface area (Å²) in [4.78, 5) is 25.6. The molecule has 0 saturated heterocycles. The van der Waals surface area contributed by atoms with E-state index in [0.29, 0.717) is 17.8 Å². The van der Waals surface area contributed by atoms with Gasteiger partial charge in [-0.1, -0.05) is 36.4 Å². The van der Waals surface area contributed by atoms with E-state index in [2.05, 4.69) is 16.0 Å². The third kappa shape index (κ3) is 4.94. The molecule has 1 aromatic heterocycles. The number of hydrogen-bond donors (Lipinski definition) is 3. The Bertz CT molecular complexity index is 864. The first-order valence-electron chi connectivity index (χ1n) is 8.21. The van der Waals surface area contributed by atoms with Gasteiger partial charge in [0.25, 0.3) is 5.91 Å². The van der Waals surface area contributed by atoms with Crippen molar-refractivity contribution < 1.29 is 9.59 Å². The van der Waals surface area contributed by atoms with Gasteiger partial charge in [0.05, 0.1) is 18.7 Å². The van der Waals surface area contributed by atoms with Gasteiger partial charge in [-0.05, 0) is 35.7 Å². The Balaban J connectivity index is 1.58. The van der Waals surface area contributed by atoms with Gasteiger partial charge in [0.2, 0.25) is 5.91 Å². The van der Waals surface area contributed by atoms with Crippen molar-refractivity contribution in [1.29, 1.82) is 0 Å². The van der Waals surface area contributed by atoms with Crippen molar-refractivity contribution in [2.24, 2.45) is 0 Å². The Kier molecular flexibility index (Phi) is 6.01.